The number of hydrogen-bond acceptors (Lipinski definition) is 6. The molecule has 0 aliphatic carbocycles. The minimum atomic E-state index is -0.445. The highest BCUT2D eigenvalue weighted by atomic mass is 19.1. The van der Waals surface area contributed by atoms with Crippen molar-refractivity contribution in [1.29, 1.82) is 0 Å². The molecule has 1 N–H and O–H groups in total. The number of nitro groups is 1. The molecule has 1 unspecified atom stereocenters. The van der Waals surface area contributed by atoms with Crippen LogP contribution in [-0.4, -0.2) is 40.4 Å². The van der Waals surface area contributed by atoms with Crippen LogP contribution in [0.5, 0.6) is 0 Å². The normalized spacial score (nSPS) is 12.0. The highest BCUT2D eigenvalue weighted by molar-refractivity contribution is 5.61. The summed E-state index contributed by atoms with van der Waals surface area (Å²) in [6.07, 6.45) is 0. The summed E-state index contributed by atoms with van der Waals surface area (Å²) >= 11 is 0. The Morgan fingerprint density at radius 2 is 1.90 bits per heavy atom. The average Bonchev–Trinajstić information content (AvgIpc) is 2.67. The van der Waals surface area contributed by atoms with Gasteiger partial charge in [0.2, 0.25) is 0 Å². The SMILES string of the molecule is Cc1cc(NCC(c2cccc(F)c2)N(C)C)nc(-c2cccc([N+](=O)[O-])c2)n1. The van der Waals surface area contributed by atoms with Crippen LogP contribution < -0.4 is 5.32 Å². The maximum atomic E-state index is 13.6. The monoisotopic (exact) mass is 395 g/mol. The van der Waals surface area contributed by atoms with Gasteiger partial charge in [0.25, 0.3) is 5.69 Å². The molecule has 1 aromatic heterocycles. The van der Waals surface area contributed by atoms with E-state index < -0.39 is 4.92 Å². The van der Waals surface area contributed by atoms with Crippen molar-refractivity contribution < 1.29 is 9.31 Å². The van der Waals surface area contributed by atoms with Gasteiger partial charge in [-0.3, -0.25) is 10.1 Å². The van der Waals surface area contributed by atoms with Crippen LogP contribution in [0.3, 0.4) is 0 Å². The molecule has 0 amide bonds. The van der Waals surface area contributed by atoms with Gasteiger partial charge in [-0.2, -0.15) is 0 Å². The number of benzene rings is 2. The lowest BCUT2D eigenvalue weighted by Crippen LogP contribution is -2.27. The molecule has 0 aliphatic heterocycles. The second-order valence-corrected chi connectivity index (χ2v) is 6.94. The van der Waals surface area contributed by atoms with Gasteiger partial charge in [-0.15, -0.1) is 0 Å². The van der Waals surface area contributed by atoms with Gasteiger partial charge in [0, 0.05) is 36.0 Å². The Morgan fingerprint density at radius 1 is 1.14 bits per heavy atom. The minimum absolute atomic E-state index is 0.0131. The van der Waals surface area contributed by atoms with E-state index in [2.05, 4.69) is 15.3 Å². The lowest BCUT2D eigenvalue weighted by molar-refractivity contribution is -0.384. The van der Waals surface area contributed by atoms with Crippen molar-refractivity contribution >= 4 is 11.5 Å². The molecule has 0 bridgehead atoms. The van der Waals surface area contributed by atoms with Gasteiger partial charge in [0.15, 0.2) is 5.82 Å². The molecule has 8 heteroatoms. The van der Waals surface area contributed by atoms with Crippen molar-refractivity contribution in [2.24, 2.45) is 0 Å². The van der Waals surface area contributed by atoms with Crippen LogP contribution in [0.2, 0.25) is 0 Å². The quantitative estimate of drug-likeness (QED) is 0.476. The Hall–Kier alpha value is -3.39. The van der Waals surface area contributed by atoms with Gasteiger partial charge in [-0.25, -0.2) is 14.4 Å². The van der Waals surface area contributed by atoms with Crippen molar-refractivity contribution in [3.63, 3.8) is 0 Å². The molecule has 150 valence electrons. The third-order valence-corrected chi connectivity index (χ3v) is 4.50. The first-order valence-electron chi connectivity index (χ1n) is 9.10. The van der Waals surface area contributed by atoms with Crippen molar-refractivity contribution in [1.82, 2.24) is 14.9 Å². The molecule has 1 atom stereocenters. The van der Waals surface area contributed by atoms with E-state index >= 15 is 0 Å². The predicted molar refractivity (Wildman–Crippen MR) is 110 cm³/mol. The Bertz CT molecular complexity index is 1030. The molecule has 1 heterocycles. The number of halogens is 1. The maximum Gasteiger partial charge on any atom is 0.270 e. The van der Waals surface area contributed by atoms with E-state index in [0.29, 0.717) is 23.8 Å². The molecular weight excluding hydrogens is 373 g/mol. The summed E-state index contributed by atoms with van der Waals surface area (Å²) in [6, 6.07) is 14.5. The molecule has 7 nitrogen and oxygen atoms in total. The number of hydrogen-bond donors (Lipinski definition) is 1. The fraction of sp³-hybridized carbons (Fsp3) is 0.238. The van der Waals surface area contributed by atoms with E-state index in [9.17, 15) is 14.5 Å². The Morgan fingerprint density at radius 3 is 2.59 bits per heavy atom. The first-order chi connectivity index (χ1) is 13.8. The summed E-state index contributed by atoms with van der Waals surface area (Å²) in [6.45, 7) is 2.34. The molecule has 0 fully saturated rings. The molecule has 3 aromatic rings. The van der Waals surface area contributed by atoms with Crippen molar-refractivity contribution in [2.45, 2.75) is 13.0 Å². The molecule has 2 aromatic carbocycles. The molecule has 0 saturated carbocycles. The summed E-state index contributed by atoms with van der Waals surface area (Å²) in [5.41, 5.74) is 2.14. The van der Waals surface area contributed by atoms with E-state index in [4.69, 9.17) is 0 Å². The molecule has 0 radical (unpaired) electrons. The lowest BCUT2D eigenvalue weighted by Gasteiger charge is -2.25. The number of aryl methyl sites for hydroxylation is 1. The smallest absolute Gasteiger partial charge is 0.270 e. The Balaban J connectivity index is 1.84. The topological polar surface area (TPSA) is 84.2 Å². The van der Waals surface area contributed by atoms with Gasteiger partial charge in [0.1, 0.15) is 11.6 Å². The zero-order valence-electron chi connectivity index (χ0n) is 16.5. The fourth-order valence-corrected chi connectivity index (χ4v) is 3.06. The number of likely N-dealkylation sites (N-methyl/N-ethyl adjacent to an activating group) is 1. The third kappa shape index (κ3) is 5.11. The van der Waals surface area contributed by atoms with E-state index in [0.717, 1.165) is 11.3 Å². The number of nitrogens with zero attached hydrogens (tertiary/aromatic N) is 4. The highest BCUT2D eigenvalue weighted by Crippen LogP contribution is 2.24. The van der Waals surface area contributed by atoms with E-state index in [-0.39, 0.29) is 17.5 Å². The zero-order valence-corrected chi connectivity index (χ0v) is 16.5. The first-order valence-corrected chi connectivity index (χ1v) is 9.10. The van der Waals surface area contributed by atoms with Crippen LogP contribution in [0.1, 0.15) is 17.3 Å². The average molecular weight is 395 g/mol. The van der Waals surface area contributed by atoms with Crippen LogP contribution in [0.15, 0.2) is 54.6 Å². The number of rotatable bonds is 7. The van der Waals surface area contributed by atoms with Gasteiger partial charge < -0.3 is 10.2 Å². The molecule has 0 saturated heterocycles. The Kier molecular flexibility index (Phi) is 6.13. The number of nitrogens with one attached hydrogen (secondary N) is 1. The van der Waals surface area contributed by atoms with Gasteiger partial charge in [-0.1, -0.05) is 24.3 Å². The van der Waals surface area contributed by atoms with E-state index in [1.807, 2.05) is 32.0 Å². The molecule has 0 spiro atoms. The van der Waals surface area contributed by atoms with Gasteiger partial charge >= 0.3 is 0 Å². The summed E-state index contributed by atoms with van der Waals surface area (Å²) in [5.74, 6) is 0.728. The van der Waals surface area contributed by atoms with Gasteiger partial charge in [-0.05, 0) is 38.7 Å². The first kappa shape index (κ1) is 20.3. The van der Waals surface area contributed by atoms with Crippen molar-refractivity contribution in [3.8, 4) is 11.4 Å². The predicted octanol–water partition coefficient (Wildman–Crippen LogP) is 4.21. The highest BCUT2D eigenvalue weighted by Gasteiger charge is 2.16. The number of nitro benzene ring substituents is 1. The van der Waals surface area contributed by atoms with Crippen LogP contribution in [0, 0.1) is 22.9 Å². The number of aromatic nitrogens is 2. The maximum absolute atomic E-state index is 13.6. The van der Waals surface area contributed by atoms with Crippen molar-refractivity contribution in [3.05, 3.63) is 81.8 Å². The van der Waals surface area contributed by atoms with Crippen LogP contribution in [-0.2, 0) is 0 Å². The molecule has 0 aliphatic rings. The van der Waals surface area contributed by atoms with Crippen LogP contribution in [0.25, 0.3) is 11.4 Å². The largest absolute Gasteiger partial charge is 0.368 e. The second kappa shape index (κ2) is 8.74. The fourth-order valence-electron chi connectivity index (χ4n) is 3.06. The zero-order chi connectivity index (χ0) is 21.0. The number of anilines is 1. The molecule has 29 heavy (non-hydrogen) atoms. The lowest BCUT2D eigenvalue weighted by atomic mass is 10.1. The van der Waals surface area contributed by atoms with E-state index in [1.165, 1.54) is 24.3 Å². The standard InChI is InChI=1S/C21H22FN5O2/c1-14-10-20(23-13-19(26(2)3)15-6-4-8-17(22)11-15)25-21(24-14)16-7-5-9-18(12-16)27(28)29/h4-12,19H,13H2,1-3H3,(H,23,24,25). The number of non-ortho nitro benzene ring substituents is 1. The molecular formula is C21H22FN5O2. The Labute approximate surface area is 168 Å². The third-order valence-electron chi connectivity index (χ3n) is 4.50. The van der Waals surface area contributed by atoms with E-state index in [1.54, 1.807) is 24.3 Å². The van der Waals surface area contributed by atoms with Gasteiger partial charge in [0.05, 0.1) is 11.0 Å². The summed E-state index contributed by atoms with van der Waals surface area (Å²) < 4.78 is 13.6. The van der Waals surface area contributed by atoms with Crippen LogP contribution in [0.4, 0.5) is 15.9 Å². The second-order valence-electron chi connectivity index (χ2n) is 6.94. The van der Waals surface area contributed by atoms with Crippen molar-refractivity contribution in [2.75, 3.05) is 26.0 Å². The minimum Gasteiger partial charge on any atom is -0.368 e. The summed E-state index contributed by atoms with van der Waals surface area (Å²) in [5, 5.41) is 14.3. The summed E-state index contributed by atoms with van der Waals surface area (Å²) in [7, 11) is 3.86. The van der Waals surface area contributed by atoms with Crippen LogP contribution >= 0.6 is 0 Å². The molecule has 3 rings (SSSR count). The summed E-state index contributed by atoms with van der Waals surface area (Å²) in [4.78, 5) is 21.5.